The van der Waals surface area contributed by atoms with Gasteiger partial charge in [-0.25, -0.2) is 13.2 Å². The van der Waals surface area contributed by atoms with Crippen LogP contribution >= 0.6 is 0 Å². The normalized spacial score (nSPS) is 13.0. The molecule has 0 spiro atoms. The fourth-order valence-electron chi connectivity index (χ4n) is 1.94. The van der Waals surface area contributed by atoms with E-state index in [1.54, 1.807) is 0 Å². The minimum absolute atomic E-state index is 0.273. The molecule has 0 aliphatic carbocycles. The molecule has 1 N–H and O–H groups in total. The van der Waals surface area contributed by atoms with Crippen molar-refractivity contribution in [3.05, 3.63) is 35.1 Å². The fourth-order valence-corrected chi connectivity index (χ4v) is 1.94. The van der Waals surface area contributed by atoms with Gasteiger partial charge in [0.2, 0.25) is 0 Å². The van der Waals surface area contributed by atoms with Gasteiger partial charge in [-0.05, 0) is 37.0 Å². The van der Waals surface area contributed by atoms with Crippen LogP contribution in [0.4, 0.5) is 13.2 Å². The van der Waals surface area contributed by atoms with E-state index in [2.05, 4.69) is 19.2 Å². The third-order valence-corrected chi connectivity index (χ3v) is 3.12. The van der Waals surface area contributed by atoms with Crippen LogP contribution in [-0.2, 0) is 6.54 Å². The lowest BCUT2D eigenvalue weighted by molar-refractivity contribution is 0.438. The van der Waals surface area contributed by atoms with Crippen molar-refractivity contribution in [3.8, 4) is 0 Å². The zero-order valence-electron chi connectivity index (χ0n) is 11.8. The van der Waals surface area contributed by atoms with Crippen LogP contribution in [-0.4, -0.2) is 6.04 Å². The summed E-state index contributed by atoms with van der Waals surface area (Å²) in [4.78, 5) is 0. The fraction of sp³-hybridized carbons (Fsp3) is 0.600. The third-order valence-electron chi connectivity index (χ3n) is 3.12. The van der Waals surface area contributed by atoms with Gasteiger partial charge in [-0.2, -0.15) is 0 Å². The maximum absolute atomic E-state index is 13.0. The average molecular weight is 273 g/mol. The first-order valence-corrected chi connectivity index (χ1v) is 6.77. The zero-order chi connectivity index (χ0) is 14.4. The molecule has 0 saturated heterocycles. The lowest BCUT2D eigenvalue weighted by Gasteiger charge is -2.14. The van der Waals surface area contributed by atoms with Crippen molar-refractivity contribution in [2.24, 2.45) is 5.92 Å². The van der Waals surface area contributed by atoms with E-state index in [4.69, 9.17) is 0 Å². The lowest BCUT2D eigenvalue weighted by Crippen LogP contribution is -2.25. The molecule has 0 aliphatic heterocycles. The van der Waals surface area contributed by atoms with Crippen LogP contribution in [0, 0.1) is 23.4 Å². The van der Waals surface area contributed by atoms with Gasteiger partial charge in [0.15, 0.2) is 17.5 Å². The number of hydrogen-bond acceptors (Lipinski definition) is 1. The molecule has 4 heteroatoms. The highest BCUT2D eigenvalue weighted by atomic mass is 19.2. The van der Waals surface area contributed by atoms with Crippen molar-refractivity contribution in [3.63, 3.8) is 0 Å². The lowest BCUT2D eigenvalue weighted by atomic mass is 10.0. The second-order valence-corrected chi connectivity index (χ2v) is 5.48. The van der Waals surface area contributed by atoms with Gasteiger partial charge >= 0.3 is 0 Å². The first kappa shape index (κ1) is 16.0. The SMILES string of the molecule is CC(C)CCCC(C)NCc1cc(F)c(F)c(F)c1. The molecule has 0 heterocycles. The van der Waals surface area contributed by atoms with Crippen LogP contribution in [0.5, 0.6) is 0 Å². The van der Waals surface area contributed by atoms with E-state index in [0.29, 0.717) is 18.0 Å². The largest absolute Gasteiger partial charge is 0.310 e. The average Bonchev–Trinajstić information content (AvgIpc) is 2.32. The molecule has 1 nitrogen and oxygen atoms in total. The van der Waals surface area contributed by atoms with Crippen molar-refractivity contribution in [2.45, 2.75) is 52.6 Å². The zero-order valence-corrected chi connectivity index (χ0v) is 11.8. The van der Waals surface area contributed by atoms with Crippen molar-refractivity contribution in [1.82, 2.24) is 5.32 Å². The molecule has 0 amide bonds. The van der Waals surface area contributed by atoms with E-state index in [1.807, 2.05) is 6.92 Å². The van der Waals surface area contributed by atoms with Crippen LogP contribution in [0.25, 0.3) is 0 Å². The molecule has 1 atom stereocenters. The van der Waals surface area contributed by atoms with Crippen LogP contribution in [0.1, 0.15) is 45.6 Å². The van der Waals surface area contributed by atoms with Gasteiger partial charge in [-0.1, -0.05) is 26.7 Å². The van der Waals surface area contributed by atoms with Crippen molar-refractivity contribution in [1.29, 1.82) is 0 Å². The maximum atomic E-state index is 13.0. The third kappa shape index (κ3) is 5.64. The molecule has 0 saturated carbocycles. The Morgan fingerprint density at radius 3 is 2.11 bits per heavy atom. The van der Waals surface area contributed by atoms with E-state index in [-0.39, 0.29) is 6.04 Å². The molecule has 0 aliphatic rings. The molecule has 0 fully saturated rings. The molecule has 0 radical (unpaired) electrons. The molecular formula is C15H22F3N. The molecule has 0 aromatic heterocycles. The first-order valence-electron chi connectivity index (χ1n) is 6.77. The van der Waals surface area contributed by atoms with Gasteiger partial charge in [0.05, 0.1) is 0 Å². The van der Waals surface area contributed by atoms with Gasteiger partial charge < -0.3 is 5.32 Å². The maximum Gasteiger partial charge on any atom is 0.194 e. The van der Waals surface area contributed by atoms with Crippen LogP contribution in [0.2, 0.25) is 0 Å². The Labute approximate surface area is 113 Å². The summed E-state index contributed by atoms with van der Waals surface area (Å²) in [6, 6.07) is 2.34. The Balaban J connectivity index is 2.40. The molecule has 108 valence electrons. The number of benzene rings is 1. The van der Waals surface area contributed by atoms with Crippen molar-refractivity contribution in [2.75, 3.05) is 0 Å². The molecule has 1 aromatic rings. The Bertz CT molecular complexity index is 381. The predicted molar refractivity (Wildman–Crippen MR) is 71.3 cm³/mol. The summed E-state index contributed by atoms with van der Waals surface area (Å²) >= 11 is 0. The van der Waals surface area contributed by atoms with Gasteiger partial charge in [-0.15, -0.1) is 0 Å². The Kier molecular flexibility index (Phi) is 6.35. The molecule has 0 bridgehead atoms. The van der Waals surface area contributed by atoms with Crippen LogP contribution < -0.4 is 5.32 Å². The topological polar surface area (TPSA) is 12.0 Å². The van der Waals surface area contributed by atoms with Gasteiger partial charge in [0.25, 0.3) is 0 Å². The number of hydrogen-bond donors (Lipinski definition) is 1. The molecular weight excluding hydrogens is 251 g/mol. The summed E-state index contributed by atoms with van der Waals surface area (Å²) in [6.07, 6.45) is 3.31. The number of halogens is 3. The second-order valence-electron chi connectivity index (χ2n) is 5.48. The summed E-state index contributed by atoms with van der Waals surface area (Å²) in [6.45, 7) is 6.75. The summed E-state index contributed by atoms with van der Waals surface area (Å²) in [5.74, 6) is -2.99. The minimum atomic E-state index is -1.41. The second kappa shape index (κ2) is 7.53. The Hall–Kier alpha value is -1.03. The monoisotopic (exact) mass is 273 g/mol. The summed E-state index contributed by atoms with van der Waals surface area (Å²) in [5, 5.41) is 3.19. The van der Waals surface area contributed by atoms with E-state index in [9.17, 15) is 13.2 Å². The van der Waals surface area contributed by atoms with Crippen LogP contribution in [0.3, 0.4) is 0 Å². The summed E-state index contributed by atoms with van der Waals surface area (Å²) in [7, 11) is 0. The summed E-state index contributed by atoms with van der Waals surface area (Å²) < 4.78 is 38.8. The smallest absolute Gasteiger partial charge is 0.194 e. The van der Waals surface area contributed by atoms with E-state index < -0.39 is 17.5 Å². The first-order chi connectivity index (χ1) is 8.90. The molecule has 1 unspecified atom stereocenters. The molecule has 1 rings (SSSR count). The van der Waals surface area contributed by atoms with E-state index >= 15 is 0 Å². The highest BCUT2D eigenvalue weighted by molar-refractivity contribution is 5.19. The Morgan fingerprint density at radius 2 is 1.58 bits per heavy atom. The molecule has 1 aromatic carbocycles. The minimum Gasteiger partial charge on any atom is -0.310 e. The van der Waals surface area contributed by atoms with Gasteiger partial charge in [-0.3, -0.25) is 0 Å². The predicted octanol–water partition coefficient (Wildman–Crippen LogP) is 4.41. The van der Waals surface area contributed by atoms with Crippen LogP contribution in [0.15, 0.2) is 12.1 Å². The molecule has 19 heavy (non-hydrogen) atoms. The summed E-state index contributed by atoms with van der Waals surface area (Å²) in [5.41, 5.74) is 0.423. The van der Waals surface area contributed by atoms with Crippen molar-refractivity contribution < 1.29 is 13.2 Å². The quantitative estimate of drug-likeness (QED) is 0.726. The van der Waals surface area contributed by atoms with E-state index in [0.717, 1.165) is 25.0 Å². The highest BCUT2D eigenvalue weighted by Gasteiger charge is 2.11. The highest BCUT2D eigenvalue weighted by Crippen LogP contribution is 2.14. The number of rotatable bonds is 7. The van der Waals surface area contributed by atoms with Gasteiger partial charge in [0.1, 0.15) is 0 Å². The Morgan fingerprint density at radius 1 is 1.00 bits per heavy atom. The van der Waals surface area contributed by atoms with E-state index in [1.165, 1.54) is 6.42 Å². The van der Waals surface area contributed by atoms with Gasteiger partial charge in [0, 0.05) is 12.6 Å². The van der Waals surface area contributed by atoms with Crippen molar-refractivity contribution >= 4 is 0 Å². The standard InChI is InChI=1S/C15H22F3N/c1-10(2)5-4-6-11(3)19-9-12-7-13(16)15(18)14(17)8-12/h7-8,10-11,19H,4-6,9H2,1-3H3. The number of nitrogens with one attached hydrogen (secondary N) is 1.